The number of benzene rings is 7. The van der Waals surface area contributed by atoms with Crippen LogP contribution in [-0.4, -0.2) is 12.6 Å². The molecule has 0 radical (unpaired) electrons. The molecule has 0 amide bonds. The fraction of sp³-hybridized carbons (Fsp3) is 0. The van der Waals surface area contributed by atoms with Gasteiger partial charge in [-0.25, -0.2) is 0 Å². The highest BCUT2D eigenvalue weighted by atomic mass is 28.3. The number of nitrogens with zero attached hydrogens (tertiary/aromatic N) is 3. The summed E-state index contributed by atoms with van der Waals surface area (Å²) in [5.74, 6) is 0. The Morgan fingerprint density at radius 3 is 1.31 bits per heavy atom. The van der Waals surface area contributed by atoms with Gasteiger partial charge in [0, 0.05) is 16.5 Å². The number of hydrogen-bond donors (Lipinski definition) is 0. The molecule has 0 N–H and O–H groups in total. The number of rotatable bonds is 6. The van der Waals surface area contributed by atoms with E-state index in [0.29, 0.717) is 11.4 Å². The molecule has 0 aliphatic rings. The first kappa shape index (κ1) is 29.0. The maximum atomic E-state index is 8.11. The summed E-state index contributed by atoms with van der Waals surface area (Å²) < 4.78 is 2.32. The van der Waals surface area contributed by atoms with Gasteiger partial charge in [-0.1, -0.05) is 157 Å². The minimum absolute atomic E-state index is 0.368. The monoisotopic (exact) mass is 627 g/mol. The molecule has 8 rings (SSSR count). The molecule has 1 aromatic heterocycles. The van der Waals surface area contributed by atoms with E-state index in [4.69, 9.17) is 13.1 Å². The Morgan fingerprint density at radius 1 is 0.438 bits per heavy atom. The molecular formula is C44H29N3Si. The van der Waals surface area contributed by atoms with E-state index < -0.39 is 8.07 Å². The Bertz CT molecular complexity index is 2350. The van der Waals surface area contributed by atoms with Crippen molar-refractivity contribution in [3.05, 3.63) is 199 Å². The van der Waals surface area contributed by atoms with E-state index >= 15 is 0 Å². The molecule has 3 nitrogen and oxygen atoms in total. The number of aromatic nitrogens is 1. The molecular weight excluding hydrogens is 599 g/mol. The molecule has 0 unspecified atom stereocenters. The molecule has 0 fully saturated rings. The van der Waals surface area contributed by atoms with E-state index in [2.05, 4.69) is 178 Å². The molecule has 224 valence electrons. The van der Waals surface area contributed by atoms with Gasteiger partial charge < -0.3 is 4.57 Å². The van der Waals surface area contributed by atoms with Crippen LogP contribution in [0.2, 0.25) is 0 Å². The first-order chi connectivity index (χ1) is 23.7. The molecule has 0 bridgehead atoms. The van der Waals surface area contributed by atoms with Crippen LogP contribution >= 0.6 is 0 Å². The summed E-state index contributed by atoms with van der Waals surface area (Å²) >= 11 is 0. The third-order valence-electron chi connectivity index (χ3n) is 9.40. The lowest BCUT2D eigenvalue weighted by atomic mass is 10.0. The molecule has 0 aliphatic carbocycles. The second kappa shape index (κ2) is 12.0. The zero-order valence-electron chi connectivity index (χ0n) is 26.1. The third-order valence-corrected chi connectivity index (χ3v) is 14.2. The molecule has 8 aromatic rings. The van der Waals surface area contributed by atoms with Gasteiger partial charge >= 0.3 is 0 Å². The lowest BCUT2D eigenvalue weighted by Gasteiger charge is -2.36. The standard InChI is InChI=1S/C44H29N3Si/c1-45-40-30-39(32-26-28-33(29-27-32)47-42-24-14-12-22-37(42)38-23-13-15-25-43(38)47)44(31-41(40)46-2)48(34-16-6-3-7-17-34,35-18-8-4-9-19-35)36-20-10-5-11-21-36/h3-31H. The lowest BCUT2D eigenvalue weighted by molar-refractivity contribution is 1.18. The number of fused-ring (bicyclic) bond motifs is 3. The average molecular weight is 628 g/mol. The summed E-state index contributed by atoms with van der Waals surface area (Å²) in [5.41, 5.74) is 6.12. The van der Waals surface area contributed by atoms with E-state index in [1.165, 1.54) is 26.3 Å². The van der Waals surface area contributed by atoms with Gasteiger partial charge in [-0.05, 0) is 51.0 Å². The highest BCUT2D eigenvalue weighted by molar-refractivity contribution is 7.20. The first-order valence-corrected chi connectivity index (χ1v) is 17.9. The summed E-state index contributed by atoms with van der Waals surface area (Å²) in [5, 5.41) is 7.20. The van der Waals surface area contributed by atoms with E-state index in [1.54, 1.807) is 0 Å². The Hall–Kier alpha value is -6.46. The molecule has 1 heterocycles. The second-order valence-electron chi connectivity index (χ2n) is 11.9. The summed E-state index contributed by atoms with van der Waals surface area (Å²) in [6.07, 6.45) is 0. The number of para-hydroxylation sites is 2. The van der Waals surface area contributed by atoms with Gasteiger partial charge in [-0.2, -0.15) is 0 Å². The van der Waals surface area contributed by atoms with Gasteiger partial charge in [0.25, 0.3) is 0 Å². The fourth-order valence-corrected chi connectivity index (χ4v) is 12.3. The van der Waals surface area contributed by atoms with Crippen molar-refractivity contribution in [1.82, 2.24) is 4.57 Å². The summed E-state index contributed by atoms with van der Waals surface area (Å²) in [6.45, 7) is 16.1. The van der Waals surface area contributed by atoms with Crippen LogP contribution in [0.25, 0.3) is 48.3 Å². The van der Waals surface area contributed by atoms with E-state index in [1.807, 2.05) is 12.1 Å². The van der Waals surface area contributed by atoms with Gasteiger partial charge in [0.05, 0.1) is 24.2 Å². The topological polar surface area (TPSA) is 13.6 Å². The molecule has 0 atom stereocenters. The zero-order valence-corrected chi connectivity index (χ0v) is 27.1. The molecule has 7 aromatic carbocycles. The van der Waals surface area contributed by atoms with Crippen LogP contribution in [0.3, 0.4) is 0 Å². The van der Waals surface area contributed by atoms with Gasteiger partial charge in [-0.3, -0.25) is 9.69 Å². The number of hydrogen-bond acceptors (Lipinski definition) is 0. The average Bonchev–Trinajstić information content (AvgIpc) is 3.51. The molecule has 0 saturated carbocycles. The van der Waals surface area contributed by atoms with Crippen LogP contribution < -0.4 is 20.7 Å². The fourth-order valence-electron chi connectivity index (χ4n) is 7.33. The molecule has 4 heteroatoms. The van der Waals surface area contributed by atoms with Crippen molar-refractivity contribution < 1.29 is 0 Å². The van der Waals surface area contributed by atoms with Crippen LogP contribution in [0.5, 0.6) is 0 Å². The predicted octanol–water partition coefficient (Wildman–Crippen LogP) is 8.93. The zero-order chi connectivity index (χ0) is 32.5. The summed E-state index contributed by atoms with van der Waals surface area (Å²) in [4.78, 5) is 7.74. The van der Waals surface area contributed by atoms with Crippen LogP contribution in [0.15, 0.2) is 176 Å². The predicted molar refractivity (Wildman–Crippen MR) is 202 cm³/mol. The van der Waals surface area contributed by atoms with Gasteiger partial charge in [0.2, 0.25) is 0 Å². The molecule has 0 spiro atoms. The minimum atomic E-state index is -3.00. The van der Waals surface area contributed by atoms with E-state index in [-0.39, 0.29) is 0 Å². The normalized spacial score (nSPS) is 11.3. The van der Waals surface area contributed by atoms with Crippen LogP contribution in [0.4, 0.5) is 11.4 Å². The molecule has 0 aliphatic heterocycles. The molecule has 0 saturated heterocycles. The maximum Gasteiger partial charge on any atom is 0.195 e. The Balaban J connectivity index is 1.43. The van der Waals surface area contributed by atoms with E-state index in [9.17, 15) is 0 Å². The van der Waals surface area contributed by atoms with Gasteiger partial charge in [0.15, 0.2) is 19.4 Å². The Kier molecular flexibility index (Phi) is 7.27. The van der Waals surface area contributed by atoms with Crippen LogP contribution in [0, 0.1) is 13.1 Å². The van der Waals surface area contributed by atoms with Crippen molar-refractivity contribution in [2.75, 3.05) is 0 Å². The Labute approximate surface area is 281 Å². The third kappa shape index (κ3) is 4.55. The highest BCUT2D eigenvalue weighted by Gasteiger charge is 2.43. The maximum absolute atomic E-state index is 8.11. The van der Waals surface area contributed by atoms with Crippen molar-refractivity contribution in [1.29, 1.82) is 0 Å². The Morgan fingerprint density at radius 2 is 0.854 bits per heavy atom. The second-order valence-corrected chi connectivity index (χ2v) is 15.6. The van der Waals surface area contributed by atoms with Crippen molar-refractivity contribution >= 4 is 62.0 Å². The smallest absolute Gasteiger partial charge is 0.195 e. The highest BCUT2D eigenvalue weighted by Crippen LogP contribution is 2.36. The van der Waals surface area contributed by atoms with Crippen molar-refractivity contribution in [3.63, 3.8) is 0 Å². The van der Waals surface area contributed by atoms with Gasteiger partial charge in [0.1, 0.15) is 0 Å². The van der Waals surface area contributed by atoms with Crippen molar-refractivity contribution in [2.45, 2.75) is 0 Å². The summed E-state index contributed by atoms with van der Waals surface area (Å²) in [6, 6.07) is 61.8. The van der Waals surface area contributed by atoms with Crippen LogP contribution in [-0.2, 0) is 0 Å². The van der Waals surface area contributed by atoms with Crippen LogP contribution in [0.1, 0.15) is 0 Å². The SMILES string of the molecule is [C-]#[N+]c1cc(-c2ccc(-n3c4ccccc4c4ccccc43)cc2)c([Si](c2ccccc2)(c2ccccc2)c2ccccc2)cc1[N+]#[C-]. The quantitative estimate of drug-likeness (QED) is 0.0993. The minimum Gasteiger partial charge on any atom is -0.309 e. The lowest BCUT2D eigenvalue weighted by Crippen LogP contribution is -2.75. The largest absolute Gasteiger partial charge is 0.309 e. The molecule has 48 heavy (non-hydrogen) atoms. The first-order valence-electron chi connectivity index (χ1n) is 15.9. The van der Waals surface area contributed by atoms with Gasteiger partial charge in [-0.15, -0.1) is 0 Å². The van der Waals surface area contributed by atoms with E-state index in [0.717, 1.165) is 33.0 Å². The summed E-state index contributed by atoms with van der Waals surface area (Å²) in [7, 11) is -3.00. The van der Waals surface area contributed by atoms with Crippen molar-refractivity contribution in [2.24, 2.45) is 0 Å². The van der Waals surface area contributed by atoms with Crippen molar-refractivity contribution in [3.8, 4) is 16.8 Å².